The fourth-order valence-corrected chi connectivity index (χ4v) is 2.81. The summed E-state index contributed by atoms with van der Waals surface area (Å²) in [4.78, 5) is 18.1. The smallest absolute Gasteiger partial charge is 0.272 e. The Balaban J connectivity index is 1.89. The van der Waals surface area contributed by atoms with E-state index >= 15 is 0 Å². The van der Waals surface area contributed by atoms with Crippen LogP contribution in [-0.4, -0.2) is 22.8 Å². The SMILES string of the molecule is CN(Cc1ccsc1)C(=O)c1ccc2cccc(F)c2n1. The molecule has 0 fully saturated rings. The minimum atomic E-state index is -0.414. The third-order valence-electron chi connectivity index (χ3n) is 3.24. The number of benzene rings is 1. The normalized spacial score (nSPS) is 10.8. The molecule has 1 aromatic carbocycles. The molecule has 0 unspecified atom stereocenters. The molecule has 3 aromatic rings. The zero-order valence-corrected chi connectivity index (χ0v) is 12.2. The van der Waals surface area contributed by atoms with Crippen molar-refractivity contribution < 1.29 is 9.18 Å². The lowest BCUT2D eigenvalue weighted by molar-refractivity contribution is 0.0780. The summed E-state index contributed by atoms with van der Waals surface area (Å²) >= 11 is 1.59. The first-order valence-electron chi connectivity index (χ1n) is 6.47. The maximum atomic E-state index is 13.7. The lowest BCUT2D eigenvalue weighted by Crippen LogP contribution is -2.26. The summed E-state index contributed by atoms with van der Waals surface area (Å²) in [6.45, 7) is 0.513. The van der Waals surface area contributed by atoms with Gasteiger partial charge in [-0.2, -0.15) is 11.3 Å². The Bertz CT molecular complexity index is 786. The van der Waals surface area contributed by atoms with E-state index in [0.717, 1.165) is 5.56 Å². The van der Waals surface area contributed by atoms with Crippen LogP contribution in [0.4, 0.5) is 4.39 Å². The molecule has 0 aliphatic carbocycles. The van der Waals surface area contributed by atoms with Crippen LogP contribution in [0.3, 0.4) is 0 Å². The molecule has 0 radical (unpaired) electrons. The molecule has 5 heteroatoms. The number of para-hydroxylation sites is 1. The average molecular weight is 300 g/mol. The number of carbonyl (C=O) groups excluding carboxylic acids is 1. The van der Waals surface area contributed by atoms with Gasteiger partial charge in [0.2, 0.25) is 0 Å². The summed E-state index contributed by atoms with van der Waals surface area (Å²) in [6.07, 6.45) is 0. The van der Waals surface area contributed by atoms with Gasteiger partial charge >= 0.3 is 0 Å². The van der Waals surface area contributed by atoms with Gasteiger partial charge in [0, 0.05) is 19.0 Å². The second kappa shape index (κ2) is 5.61. The van der Waals surface area contributed by atoms with E-state index in [9.17, 15) is 9.18 Å². The molecule has 0 aliphatic heterocycles. The first-order chi connectivity index (χ1) is 10.1. The van der Waals surface area contributed by atoms with E-state index in [1.54, 1.807) is 47.5 Å². The molecule has 0 aliphatic rings. The van der Waals surface area contributed by atoms with E-state index in [1.807, 2.05) is 16.8 Å². The van der Waals surface area contributed by atoms with Crippen molar-refractivity contribution in [3.63, 3.8) is 0 Å². The van der Waals surface area contributed by atoms with Gasteiger partial charge in [-0.25, -0.2) is 9.37 Å². The first kappa shape index (κ1) is 13.7. The third kappa shape index (κ3) is 2.78. The number of aromatic nitrogens is 1. The first-order valence-corrected chi connectivity index (χ1v) is 7.41. The summed E-state index contributed by atoms with van der Waals surface area (Å²) in [5, 5.41) is 4.65. The van der Waals surface area contributed by atoms with E-state index in [0.29, 0.717) is 11.9 Å². The Kier molecular flexibility index (Phi) is 3.66. The molecule has 3 nitrogen and oxygen atoms in total. The number of nitrogens with zero attached hydrogens (tertiary/aromatic N) is 2. The molecule has 1 amide bonds. The molecule has 2 aromatic heterocycles. The third-order valence-corrected chi connectivity index (χ3v) is 3.97. The number of halogens is 1. The van der Waals surface area contributed by atoms with Gasteiger partial charge in [-0.05, 0) is 34.5 Å². The molecular weight excluding hydrogens is 287 g/mol. The number of hydrogen-bond donors (Lipinski definition) is 0. The topological polar surface area (TPSA) is 33.2 Å². The number of amides is 1. The van der Waals surface area contributed by atoms with Gasteiger partial charge < -0.3 is 4.90 Å². The molecule has 0 saturated carbocycles. The predicted octanol–water partition coefficient (Wildman–Crippen LogP) is 3.71. The molecule has 3 rings (SSSR count). The highest BCUT2D eigenvalue weighted by Crippen LogP contribution is 2.17. The van der Waals surface area contributed by atoms with Crippen LogP contribution in [0.15, 0.2) is 47.2 Å². The lowest BCUT2D eigenvalue weighted by atomic mass is 10.2. The van der Waals surface area contributed by atoms with Crippen molar-refractivity contribution in [2.75, 3.05) is 7.05 Å². The van der Waals surface area contributed by atoms with E-state index in [-0.39, 0.29) is 17.1 Å². The predicted molar refractivity (Wildman–Crippen MR) is 81.8 cm³/mol. The fourth-order valence-electron chi connectivity index (χ4n) is 2.15. The van der Waals surface area contributed by atoms with Gasteiger partial charge in [0.25, 0.3) is 5.91 Å². The van der Waals surface area contributed by atoms with Gasteiger partial charge in [0.05, 0.1) is 0 Å². The van der Waals surface area contributed by atoms with Crippen LogP contribution < -0.4 is 0 Å². The maximum Gasteiger partial charge on any atom is 0.272 e. The van der Waals surface area contributed by atoms with Crippen molar-refractivity contribution in [1.82, 2.24) is 9.88 Å². The summed E-state index contributed by atoms with van der Waals surface area (Å²) < 4.78 is 13.7. The van der Waals surface area contributed by atoms with Crippen LogP contribution in [0.1, 0.15) is 16.1 Å². The summed E-state index contributed by atoms with van der Waals surface area (Å²) in [6, 6.07) is 10.1. The average Bonchev–Trinajstić information content (AvgIpc) is 2.99. The molecule has 0 saturated heterocycles. The summed E-state index contributed by atoms with van der Waals surface area (Å²) in [5.41, 5.74) is 1.56. The number of hydrogen-bond acceptors (Lipinski definition) is 3. The number of fused-ring (bicyclic) bond motifs is 1. The van der Waals surface area contributed by atoms with Crippen molar-refractivity contribution in [3.8, 4) is 0 Å². The summed E-state index contributed by atoms with van der Waals surface area (Å²) in [7, 11) is 1.72. The Hall–Kier alpha value is -2.27. The van der Waals surface area contributed by atoms with Crippen LogP contribution in [0, 0.1) is 5.82 Å². The number of pyridine rings is 1. The zero-order valence-electron chi connectivity index (χ0n) is 11.4. The van der Waals surface area contributed by atoms with Crippen molar-refractivity contribution in [3.05, 3.63) is 64.2 Å². The molecule has 21 heavy (non-hydrogen) atoms. The van der Waals surface area contributed by atoms with Crippen LogP contribution in [0.5, 0.6) is 0 Å². The Labute approximate surface area is 125 Å². The molecule has 0 atom stereocenters. The lowest BCUT2D eigenvalue weighted by Gasteiger charge is -2.16. The largest absolute Gasteiger partial charge is 0.336 e. The molecule has 0 spiro atoms. The molecule has 106 valence electrons. The molecule has 0 bridgehead atoms. The minimum Gasteiger partial charge on any atom is -0.336 e. The summed E-state index contributed by atoms with van der Waals surface area (Å²) in [5.74, 6) is -0.631. The van der Waals surface area contributed by atoms with Crippen molar-refractivity contribution >= 4 is 28.1 Å². The standard InChI is InChI=1S/C16H13FN2OS/c1-19(9-11-7-8-21-10-11)16(20)14-6-5-12-3-2-4-13(17)15(12)18-14/h2-8,10H,9H2,1H3. The fraction of sp³-hybridized carbons (Fsp3) is 0.125. The highest BCUT2D eigenvalue weighted by Gasteiger charge is 2.15. The van der Waals surface area contributed by atoms with Crippen molar-refractivity contribution in [2.24, 2.45) is 0 Å². The Morgan fingerprint density at radius 3 is 2.90 bits per heavy atom. The molecular formula is C16H13FN2OS. The van der Waals surface area contributed by atoms with Gasteiger partial charge in [-0.1, -0.05) is 18.2 Å². The van der Waals surface area contributed by atoms with Gasteiger partial charge in [0.1, 0.15) is 17.0 Å². The Morgan fingerprint density at radius 2 is 2.14 bits per heavy atom. The van der Waals surface area contributed by atoms with Gasteiger partial charge in [-0.15, -0.1) is 0 Å². The van der Waals surface area contributed by atoms with E-state index in [4.69, 9.17) is 0 Å². The van der Waals surface area contributed by atoms with Crippen LogP contribution in [0.2, 0.25) is 0 Å². The van der Waals surface area contributed by atoms with E-state index in [2.05, 4.69) is 4.98 Å². The highest BCUT2D eigenvalue weighted by atomic mass is 32.1. The van der Waals surface area contributed by atoms with Gasteiger partial charge in [-0.3, -0.25) is 4.79 Å². The molecule has 2 heterocycles. The Morgan fingerprint density at radius 1 is 1.29 bits per heavy atom. The van der Waals surface area contributed by atoms with Crippen LogP contribution in [0.25, 0.3) is 10.9 Å². The second-order valence-electron chi connectivity index (χ2n) is 4.80. The second-order valence-corrected chi connectivity index (χ2v) is 5.58. The van der Waals surface area contributed by atoms with Gasteiger partial charge in [0.15, 0.2) is 0 Å². The monoisotopic (exact) mass is 300 g/mol. The van der Waals surface area contributed by atoms with E-state index < -0.39 is 5.82 Å². The quantitative estimate of drug-likeness (QED) is 0.739. The number of rotatable bonds is 3. The van der Waals surface area contributed by atoms with Crippen LogP contribution >= 0.6 is 11.3 Å². The van der Waals surface area contributed by atoms with Crippen LogP contribution in [-0.2, 0) is 6.54 Å². The molecule has 0 N–H and O–H groups in total. The van der Waals surface area contributed by atoms with E-state index in [1.165, 1.54) is 6.07 Å². The highest BCUT2D eigenvalue weighted by molar-refractivity contribution is 7.07. The maximum absolute atomic E-state index is 13.7. The minimum absolute atomic E-state index is 0.216. The van der Waals surface area contributed by atoms with Crippen molar-refractivity contribution in [1.29, 1.82) is 0 Å². The number of carbonyl (C=O) groups is 1. The zero-order chi connectivity index (χ0) is 14.8. The number of thiophene rings is 1. The van der Waals surface area contributed by atoms with Crippen molar-refractivity contribution in [2.45, 2.75) is 6.54 Å².